The van der Waals surface area contributed by atoms with Crippen LogP contribution in [0, 0.1) is 30.2 Å². The first-order valence-corrected chi connectivity index (χ1v) is 10.9. The molecule has 0 unspecified atom stereocenters. The molecule has 0 N–H and O–H groups in total. The number of rotatable bonds is 6. The van der Waals surface area contributed by atoms with Gasteiger partial charge in [-0.3, -0.25) is 0 Å². The summed E-state index contributed by atoms with van der Waals surface area (Å²) in [6, 6.07) is 2.58. The molecule has 0 aliphatic heterocycles. The van der Waals surface area contributed by atoms with Gasteiger partial charge in [-0.1, -0.05) is 39.6 Å². The molecule has 0 amide bonds. The Morgan fingerprint density at radius 1 is 0.971 bits per heavy atom. The van der Waals surface area contributed by atoms with Crippen molar-refractivity contribution in [2.75, 3.05) is 0 Å². The summed E-state index contributed by atoms with van der Waals surface area (Å²) in [6.45, 7) is -2.13. The van der Waals surface area contributed by atoms with Gasteiger partial charge in [-0.2, -0.15) is 13.9 Å². The molecule has 2 heterocycles. The minimum atomic E-state index is -3.19. The van der Waals surface area contributed by atoms with E-state index in [1.807, 2.05) is 0 Å². The van der Waals surface area contributed by atoms with Gasteiger partial charge in [0.1, 0.15) is 28.1 Å². The predicted molar refractivity (Wildman–Crippen MR) is 115 cm³/mol. The molecule has 4 rings (SSSR count). The van der Waals surface area contributed by atoms with E-state index in [2.05, 4.69) is 20.0 Å². The number of halogens is 8. The molecule has 0 aliphatic carbocycles. The van der Waals surface area contributed by atoms with E-state index in [1.54, 1.807) is 0 Å². The van der Waals surface area contributed by atoms with Gasteiger partial charge in [-0.05, 0) is 25.1 Å². The van der Waals surface area contributed by atoms with Crippen molar-refractivity contribution in [1.82, 2.24) is 20.0 Å². The monoisotopic (exact) mass is 554 g/mol. The first-order valence-electron chi connectivity index (χ1n) is 9.30. The number of hydrogen-bond donors (Lipinski definition) is 0. The summed E-state index contributed by atoms with van der Waals surface area (Å²) >= 11 is 12.8. The predicted octanol–water partition coefficient (Wildman–Crippen LogP) is 7.17. The van der Waals surface area contributed by atoms with Gasteiger partial charge in [0.2, 0.25) is 5.88 Å². The van der Waals surface area contributed by atoms with Crippen LogP contribution in [0.2, 0.25) is 10.0 Å². The number of nitrogens with zero attached hydrogens (tertiary/aromatic N) is 4. The van der Waals surface area contributed by atoms with Gasteiger partial charge < -0.3 is 9.47 Å². The lowest BCUT2D eigenvalue weighted by Gasteiger charge is -2.08. The van der Waals surface area contributed by atoms with Crippen molar-refractivity contribution in [1.29, 1.82) is 0 Å². The van der Waals surface area contributed by atoms with Crippen LogP contribution in [0.3, 0.4) is 0 Å². The summed E-state index contributed by atoms with van der Waals surface area (Å²) in [5.74, 6) is -5.18. The van der Waals surface area contributed by atoms with Crippen LogP contribution in [0.15, 0.2) is 18.2 Å². The van der Waals surface area contributed by atoms with Gasteiger partial charge >= 0.3 is 6.61 Å². The molecule has 0 saturated carbocycles. The van der Waals surface area contributed by atoms with Crippen molar-refractivity contribution in [2.24, 2.45) is 7.05 Å². The maximum atomic E-state index is 14.6. The maximum Gasteiger partial charge on any atom is 0.388 e. The summed E-state index contributed by atoms with van der Waals surface area (Å²) in [7, 11) is 1.26. The van der Waals surface area contributed by atoms with Gasteiger partial charge in [-0.15, -0.1) is 5.10 Å². The average Bonchev–Trinajstić information content (AvgIpc) is 3.36. The Balaban J connectivity index is 1.69. The second-order valence-corrected chi connectivity index (χ2v) is 8.59. The fourth-order valence-electron chi connectivity index (χ4n) is 3.00. The zero-order chi connectivity index (χ0) is 25.6. The quantitative estimate of drug-likeness (QED) is 0.187. The van der Waals surface area contributed by atoms with Gasteiger partial charge in [0.05, 0.1) is 10.6 Å². The van der Waals surface area contributed by atoms with Crippen LogP contribution in [-0.2, 0) is 7.05 Å². The minimum Gasteiger partial charge on any atom is -0.428 e. The number of alkyl halides is 2. The number of hydrogen-bond acceptors (Lipinski definition) is 6. The Labute approximate surface area is 206 Å². The molecule has 4 aromatic rings. The fraction of sp³-hybridized carbons (Fsp3) is 0.150. The smallest absolute Gasteiger partial charge is 0.388 e. The highest BCUT2D eigenvalue weighted by molar-refractivity contribution is 7.16. The SMILES string of the molecule is Cc1c(F)c(F)cc(-c2nnc(Oc3cc(-c4nn(C)c(OC(F)F)c4Cl)c(F)cc3Cl)s2)c1F. The summed E-state index contributed by atoms with van der Waals surface area (Å²) in [6.07, 6.45) is 0. The molecule has 0 bridgehead atoms. The lowest BCUT2D eigenvalue weighted by atomic mass is 10.1. The third-order valence-corrected chi connectivity index (χ3v) is 6.10. The molecule has 0 aliphatic rings. The molecule has 0 spiro atoms. The largest absolute Gasteiger partial charge is 0.428 e. The number of aryl methyl sites for hydroxylation is 1. The molecule has 2 aromatic heterocycles. The van der Waals surface area contributed by atoms with Crippen LogP contribution >= 0.6 is 34.5 Å². The Bertz CT molecular complexity index is 1450. The lowest BCUT2D eigenvalue weighted by molar-refractivity contribution is -0.0552. The molecule has 0 fully saturated rings. The molecule has 35 heavy (non-hydrogen) atoms. The molecule has 0 atom stereocenters. The number of benzene rings is 2. The van der Waals surface area contributed by atoms with E-state index in [4.69, 9.17) is 27.9 Å². The zero-order valence-electron chi connectivity index (χ0n) is 17.3. The summed E-state index contributed by atoms with van der Waals surface area (Å²) in [4.78, 5) is 0. The second kappa shape index (κ2) is 9.55. The van der Waals surface area contributed by atoms with Crippen LogP contribution in [0.1, 0.15) is 5.56 Å². The summed E-state index contributed by atoms with van der Waals surface area (Å²) < 4.78 is 92.4. The first kappa shape index (κ1) is 25.1. The standard InChI is InChI=1S/C20H10Cl2F6N4O2S/c1-6-14(25)8(3-11(24)15(6)26)17-29-30-20(35-17)33-12-4-7(10(23)5-9(12)21)16-13(22)18(32(2)31-16)34-19(27)28/h3-5,19H,1-2H3. The van der Waals surface area contributed by atoms with Crippen LogP contribution in [0.4, 0.5) is 26.3 Å². The highest BCUT2D eigenvalue weighted by atomic mass is 35.5. The molecule has 2 aromatic carbocycles. The van der Waals surface area contributed by atoms with Crippen molar-refractivity contribution in [3.05, 3.63) is 57.1 Å². The van der Waals surface area contributed by atoms with Gasteiger partial charge in [0.15, 0.2) is 16.6 Å². The van der Waals surface area contributed by atoms with Crippen molar-refractivity contribution < 1.29 is 35.8 Å². The topological polar surface area (TPSA) is 62.1 Å². The fourth-order valence-corrected chi connectivity index (χ4v) is 4.21. The van der Waals surface area contributed by atoms with Crippen molar-refractivity contribution in [2.45, 2.75) is 13.5 Å². The molecular weight excluding hydrogens is 545 g/mol. The Morgan fingerprint density at radius 3 is 2.37 bits per heavy atom. The van der Waals surface area contributed by atoms with E-state index < -0.39 is 41.3 Å². The van der Waals surface area contributed by atoms with E-state index in [-0.39, 0.29) is 42.8 Å². The number of aromatic nitrogens is 4. The highest BCUT2D eigenvalue weighted by Crippen LogP contribution is 2.42. The van der Waals surface area contributed by atoms with E-state index in [1.165, 1.54) is 7.05 Å². The van der Waals surface area contributed by atoms with Crippen LogP contribution in [0.5, 0.6) is 16.8 Å². The second-order valence-electron chi connectivity index (χ2n) is 6.87. The zero-order valence-corrected chi connectivity index (χ0v) is 19.7. The third kappa shape index (κ3) is 4.75. The normalized spacial score (nSPS) is 11.4. The number of ether oxygens (including phenoxy) is 2. The summed E-state index contributed by atoms with van der Waals surface area (Å²) in [5, 5.41) is 10.4. The molecule has 0 saturated heterocycles. The molecule has 15 heteroatoms. The highest BCUT2D eigenvalue weighted by Gasteiger charge is 2.25. The Kier molecular flexibility index (Phi) is 6.84. The molecular formula is C20H10Cl2F6N4O2S. The lowest BCUT2D eigenvalue weighted by Crippen LogP contribution is -2.06. The van der Waals surface area contributed by atoms with Crippen LogP contribution < -0.4 is 9.47 Å². The van der Waals surface area contributed by atoms with Crippen LogP contribution in [0.25, 0.3) is 21.8 Å². The Hall–Kier alpha value is -3.03. The van der Waals surface area contributed by atoms with E-state index in [9.17, 15) is 26.3 Å². The first-order chi connectivity index (χ1) is 16.5. The van der Waals surface area contributed by atoms with E-state index in [0.29, 0.717) is 17.4 Å². The van der Waals surface area contributed by atoms with Crippen molar-refractivity contribution >= 4 is 34.5 Å². The summed E-state index contributed by atoms with van der Waals surface area (Å²) in [5.41, 5.74) is -1.37. The average molecular weight is 555 g/mol. The third-order valence-electron chi connectivity index (χ3n) is 4.63. The molecule has 0 radical (unpaired) electrons. The van der Waals surface area contributed by atoms with Crippen molar-refractivity contribution in [3.63, 3.8) is 0 Å². The Morgan fingerprint density at radius 2 is 1.69 bits per heavy atom. The van der Waals surface area contributed by atoms with Crippen LogP contribution in [-0.4, -0.2) is 26.6 Å². The maximum absolute atomic E-state index is 14.6. The van der Waals surface area contributed by atoms with Gasteiger partial charge in [-0.25, -0.2) is 22.2 Å². The van der Waals surface area contributed by atoms with Crippen molar-refractivity contribution in [3.8, 4) is 38.7 Å². The molecule has 6 nitrogen and oxygen atoms in total. The van der Waals surface area contributed by atoms with E-state index >= 15 is 0 Å². The minimum absolute atomic E-state index is 0.125. The van der Waals surface area contributed by atoms with E-state index in [0.717, 1.165) is 23.7 Å². The van der Waals surface area contributed by atoms with Gasteiger partial charge in [0, 0.05) is 18.2 Å². The molecule has 184 valence electrons. The van der Waals surface area contributed by atoms with Gasteiger partial charge in [0.25, 0.3) is 5.19 Å².